The second-order valence-corrected chi connectivity index (χ2v) is 10.0. The molecule has 1 heterocycles. The van der Waals surface area contributed by atoms with E-state index in [9.17, 15) is 9.59 Å². The first-order chi connectivity index (χ1) is 18.4. The van der Waals surface area contributed by atoms with E-state index in [1.54, 1.807) is 14.2 Å². The Morgan fingerprint density at radius 3 is 2.26 bits per heavy atom. The summed E-state index contributed by atoms with van der Waals surface area (Å²) in [4.78, 5) is 27.8. The first kappa shape index (κ1) is 30.9. The van der Waals surface area contributed by atoms with Crippen molar-refractivity contribution in [3.8, 4) is 11.5 Å². The number of benzene rings is 2. The van der Waals surface area contributed by atoms with Crippen LogP contribution >= 0.6 is 0 Å². The molecule has 0 spiro atoms. The highest BCUT2D eigenvalue weighted by Crippen LogP contribution is 2.22. The first-order valence-electron chi connectivity index (χ1n) is 13.5. The maximum Gasteiger partial charge on any atom is 0.210 e. The van der Waals surface area contributed by atoms with Gasteiger partial charge in [-0.25, -0.2) is 0 Å². The molecule has 208 valence electrons. The fourth-order valence-electron chi connectivity index (χ4n) is 4.43. The molecule has 1 aromatic heterocycles. The van der Waals surface area contributed by atoms with Crippen LogP contribution in [-0.4, -0.2) is 68.4 Å². The van der Waals surface area contributed by atoms with Crippen molar-refractivity contribution in [1.82, 2.24) is 14.8 Å². The van der Waals surface area contributed by atoms with Crippen LogP contribution in [0.15, 0.2) is 48.5 Å². The van der Waals surface area contributed by atoms with Crippen LogP contribution in [0.25, 0.3) is 10.9 Å². The van der Waals surface area contributed by atoms with Crippen molar-refractivity contribution in [2.24, 2.45) is 5.92 Å². The zero-order chi connectivity index (χ0) is 27.8. The van der Waals surface area contributed by atoms with E-state index in [1.807, 2.05) is 56.4 Å². The summed E-state index contributed by atoms with van der Waals surface area (Å²) in [7, 11) is 5.30. The summed E-state index contributed by atoms with van der Waals surface area (Å²) in [5.74, 6) is 2.77. The van der Waals surface area contributed by atoms with Crippen LogP contribution in [-0.2, 0) is 16.1 Å². The van der Waals surface area contributed by atoms with Gasteiger partial charge in [-0.2, -0.15) is 0 Å². The number of ether oxygens (including phenoxy) is 2. The molecule has 1 N–H and O–H groups in total. The molecular weight excluding hydrogens is 478 g/mol. The third-order valence-electron chi connectivity index (χ3n) is 6.67. The topological polar surface area (TPSA) is 74.9 Å². The maximum absolute atomic E-state index is 10.7. The number of amides is 1. The van der Waals surface area contributed by atoms with E-state index in [2.05, 4.69) is 22.9 Å². The van der Waals surface area contributed by atoms with Gasteiger partial charge in [0.1, 0.15) is 17.8 Å². The smallest absolute Gasteiger partial charge is 0.210 e. The molecule has 4 rings (SSSR count). The second-order valence-electron chi connectivity index (χ2n) is 10.0. The van der Waals surface area contributed by atoms with Crippen LogP contribution < -0.4 is 9.47 Å². The number of fused-ring (bicyclic) bond motifs is 1. The molecular formula is C31H45N3O4. The van der Waals surface area contributed by atoms with Crippen molar-refractivity contribution in [2.75, 3.05) is 40.9 Å². The number of aromatic nitrogens is 1. The lowest BCUT2D eigenvalue weighted by atomic mass is 9.91. The minimum atomic E-state index is 0.149. The van der Waals surface area contributed by atoms with Gasteiger partial charge in [0, 0.05) is 36.2 Å². The number of carbonyl (C=O) groups excluding carboxylic acids is 2. The van der Waals surface area contributed by atoms with E-state index in [4.69, 9.17) is 9.47 Å². The number of carbonyl (C=O) groups is 2. The molecule has 1 amide bonds. The highest BCUT2D eigenvalue weighted by Gasteiger charge is 2.06. The molecule has 0 atom stereocenters. The summed E-state index contributed by atoms with van der Waals surface area (Å²) >= 11 is 0. The van der Waals surface area contributed by atoms with Crippen LogP contribution in [0, 0.1) is 12.8 Å². The largest absolute Gasteiger partial charge is 0.497 e. The van der Waals surface area contributed by atoms with Gasteiger partial charge in [0.2, 0.25) is 6.41 Å². The van der Waals surface area contributed by atoms with E-state index in [0.717, 1.165) is 41.3 Å². The number of nitrogens with zero attached hydrogens (tertiary/aromatic N) is 2. The van der Waals surface area contributed by atoms with E-state index >= 15 is 0 Å². The Morgan fingerprint density at radius 2 is 1.66 bits per heavy atom. The average molecular weight is 524 g/mol. The Bertz CT molecular complexity index is 1090. The van der Waals surface area contributed by atoms with Crippen molar-refractivity contribution in [1.29, 1.82) is 0 Å². The van der Waals surface area contributed by atoms with Gasteiger partial charge in [0.15, 0.2) is 0 Å². The van der Waals surface area contributed by atoms with Crippen molar-refractivity contribution in [3.63, 3.8) is 0 Å². The molecule has 3 aromatic rings. The standard InChI is InChI=1S/C14H20N2O3.C10H11NO.C7H14/c1-15(6-7-16(12-18)8-9-17)11-13-4-3-5-14(10-13)19-2;1-7-5-8-6-9(12-2)3-4-10(8)11-7;1-7-5-3-2-4-6-7/h3-5,9-10,12H,6-8,11H2,1-2H3;3-6,11H,1-2H3;7H,2-6H2,1H3. The highest BCUT2D eigenvalue weighted by molar-refractivity contribution is 5.81. The van der Waals surface area contributed by atoms with Crippen molar-refractivity contribution >= 4 is 23.6 Å². The molecule has 0 bridgehead atoms. The zero-order valence-electron chi connectivity index (χ0n) is 23.7. The van der Waals surface area contributed by atoms with Crippen LogP contribution in [0.5, 0.6) is 11.5 Å². The molecule has 38 heavy (non-hydrogen) atoms. The molecule has 0 saturated heterocycles. The van der Waals surface area contributed by atoms with E-state index in [-0.39, 0.29) is 6.54 Å². The quantitative estimate of drug-likeness (QED) is 0.337. The predicted octanol–water partition coefficient (Wildman–Crippen LogP) is 5.86. The Morgan fingerprint density at radius 1 is 0.947 bits per heavy atom. The molecule has 0 unspecified atom stereocenters. The number of aryl methyl sites for hydroxylation is 1. The predicted molar refractivity (Wildman–Crippen MR) is 155 cm³/mol. The number of nitrogens with one attached hydrogen (secondary N) is 1. The van der Waals surface area contributed by atoms with E-state index in [1.165, 1.54) is 48.1 Å². The summed E-state index contributed by atoms with van der Waals surface area (Å²) in [5, 5.41) is 1.20. The van der Waals surface area contributed by atoms with E-state index in [0.29, 0.717) is 19.5 Å². The van der Waals surface area contributed by atoms with Crippen LogP contribution in [0.1, 0.15) is 50.3 Å². The Kier molecular flexibility index (Phi) is 14.0. The lowest BCUT2D eigenvalue weighted by Crippen LogP contribution is -2.33. The molecule has 0 aliphatic heterocycles. The number of rotatable bonds is 10. The number of aromatic amines is 1. The number of hydrogen-bond acceptors (Lipinski definition) is 5. The van der Waals surface area contributed by atoms with Crippen molar-refractivity contribution < 1.29 is 19.1 Å². The molecule has 2 aromatic carbocycles. The fourth-order valence-corrected chi connectivity index (χ4v) is 4.43. The van der Waals surface area contributed by atoms with Gasteiger partial charge in [-0.05, 0) is 61.9 Å². The van der Waals surface area contributed by atoms with Gasteiger partial charge >= 0.3 is 0 Å². The third-order valence-corrected chi connectivity index (χ3v) is 6.67. The van der Waals surface area contributed by atoms with Crippen LogP contribution in [0.2, 0.25) is 0 Å². The van der Waals surface area contributed by atoms with Crippen molar-refractivity contribution in [3.05, 3.63) is 59.8 Å². The normalized spacial score (nSPS) is 13.1. The molecule has 7 heteroatoms. The molecule has 1 aliphatic rings. The number of hydrogen-bond donors (Lipinski definition) is 1. The number of H-pyrrole nitrogens is 1. The molecule has 1 aliphatic carbocycles. The minimum Gasteiger partial charge on any atom is -0.497 e. The number of methoxy groups -OCH3 is 2. The lowest BCUT2D eigenvalue weighted by Gasteiger charge is -2.21. The number of likely N-dealkylation sites (N-methyl/N-ethyl adjacent to an activating group) is 1. The summed E-state index contributed by atoms with van der Waals surface area (Å²) in [6.07, 6.45) is 8.87. The van der Waals surface area contributed by atoms with Gasteiger partial charge in [0.25, 0.3) is 0 Å². The third kappa shape index (κ3) is 11.4. The Labute approximate surface area is 228 Å². The van der Waals surface area contributed by atoms with E-state index < -0.39 is 0 Å². The average Bonchev–Trinajstić information content (AvgIpc) is 3.31. The van der Waals surface area contributed by atoms with Gasteiger partial charge in [-0.15, -0.1) is 0 Å². The van der Waals surface area contributed by atoms with Crippen molar-refractivity contribution in [2.45, 2.75) is 52.5 Å². The number of aldehydes is 1. The summed E-state index contributed by atoms with van der Waals surface area (Å²) in [5.41, 5.74) is 3.49. The Hall–Kier alpha value is -3.32. The van der Waals surface area contributed by atoms with Gasteiger partial charge in [-0.1, -0.05) is 51.2 Å². The summed E-state index contributed by atoms with van der Waals surface area (Å²) in [6, 6.07) is 16.0. The molecule has 1 fully saturated rings. The maximum atomic E-state index is 10.7. The molecule has 1 saturated carbocycles. The zero-order valence-corrected chi connectivity index (χ0v) is 23.7. The summed E-state index contributed by atoms with van der Waals surface area (Å²) < 4.78 is 10.3. The van der Waals surface area contributed by atoms with Gasteiger partial charge in [-0.3, -0.25) is 4.79 Å². The van der Waals surface area contributed by atoms with Gasteiger partial charge in [0.05, 0.1) is 20.8 Å². The summed E-state index contributed by atoms with van der Waals surface area (Å²) in [6.45, 7) is 6.58. The SMILES string of the molecule is CC1CCCCC1.COc1ccc2[nH]c(C)cc2c1.COc1cccc(CN(C)CCN(C=O)CC=O)c1. The van der Waals surface area contributed by atoms with Gasteiger partial charge < -0.3 is 29.1 Å². The monoisotopic (exact) mass is 523 g/mol. The minimum absolute atomic E-state index is 0.149. The fraction of sp³-hybridized carbons (Fsp3) is 0.484. The highest BCUT2D eigenvalue weighted by atomic mass is 16.5. The second kappa shape index (κ2) is 17.2. The van der Waals surface area contributed by atoms with Crippen LogP contribution in [0.3, 0.4) is 0 Å². The first-order valence-corrected chi connectivity index (χ1v) is 13.5. The molecule has 0 radical (unpaired) electrons. The molecule has 7 nitrogen and oxygen atoms in total. The Balaban J connectivity index is 0.000000224. The lowest BCUT2D eigenvalue weighted by molar-refractivity contribution is -0.121. The van der Waals surface area contributed by atoms with Crippen LogP contribution in [0.4, 0.5) is 0 Å².